The number of allylic oxidation sites excluding steroid dienone is 5. The molecule has 2 N–H and O–H groups in total. The standard InChI is InChI=1S/C34H46N4O3/c1-25(2)21-30(41-29-12-6-5-7-13-29)14-9-8-11-26(3)33(40)37-31-22-28(23-35-27(31)4)36-32(39)24-38-19-17-34(18-20-38)15-10-16-34/h5-6,9,14,21-23,29H,1,3,7-8,10-13,15-20,24H2,2,4H3,(H,36,39)(H,37,40)/b14-9-,30-21+. The van der Waals surface area contributed by atoms with Gasteiger partial charge in [-0.2, -0.15) is 0 Å². The molecule has 1 atom stereocenters. The highest BCUT2D eigenvalue weighted by Gasteiger charge is 2.39. The van der Waals surface area contributed by atoms with E-state index in [0.29, 0.717) is 47.4 Å². The molecule has 2 fully saturated rings. The molecular formula is C34H46N4O3. The van der Waals surface area contributed by atoms with Gasteiger partial charge in [0.2, 0.25) is 5.91 Å². The topological polar surface area (TPSA) is 83.6 Å². The average Bonchev–Trinajstić information content (AvgIpc) is 2.92. The summed E-state index contributed by atoms with van der Waals surface area (Å²) in [6, 6.07) is 1.76. The maximum absolute atomic E-state index is 12.9. The molecule has 4 rings (SSSR count). The molecule has 7 nitrogen and oxygen atoms in total. The van der Waals surface area contributed by atoms with Crippen LogP contribution in [-0.4, -0.2) is 47.4 Å². The van der Waals surface area contributed by atoms with E-state index in [1.54, 1.807) is 12.3 Å². The molecule has 2 amide bonds. The van der Waals surface area contributed by atoms with Gasteiger partial charge in [-0.05, 0) is 102 Å². The van der Waals surface area contributed by atoms with Gasteiger partial charge in [0, 0.05) is 12.0 Å². The Morgan fingerprint density at radius 3 is 2.61 bits per heavy atom. The van der Waals surface area contributed by atoms with Crippen LogP contribution in [0.4, 0.5) is 11.4 Å². The fourth-order valence-corrected chi connectivity index (χ4v) is 5.70. The minimum Gasteiger partial charge on any atom is -0.490 e. The smallest absolute Gasteiger partial charge is 0.251 e. The molecule has 1 spiro atoms. The van der Waals surface area contributed by atoms with E-state index in [-0.39, 0.29) is 17.9 Å². The Balaban J connectivity index is 1.23. The number of nitrogens with zero attached hydrogens (tertiary/aromatic N) is 2. The van der Waals surface area contributed by atoms with Crippen LogP contribution >= 0.6 is 0 Å². The number of pyridine rings is 1. The number of ether oxygens (including phenoxy) is 1. The lowest BCUT2D eigenvalue weighted by Crippen LogP contribution is -2.45. The monoisotopic (exact) mass is 558 g/mol. The van der Waals surface area contributed by atoms with Gasteiger partial charge < -0.3 is 15.4 Å². The largest absolute Gasteiger partial charge is 0.490 e. The third kappa shape index (κ3) is 9.28. The number of carbonyl (C=O) groups is 2. The molecular weight excluding hydrogens is 512 g/mol. The number of aromatic nitrogens is 1. The predicted molar refractivity (Wildman–Crippen MR) is 166 cm³/mol. The number of nitrogens with one attached hydrogen (secondary N) is 2. The number of amides is 2. The maximum Gasteiger partial charge on any atom is 0.251 e. The Bertz CT molecular complexity index is 1210. The van der Waals surface area contributed by atoms with Crippen LogP contribution < -0.4 is 10.6 Å². The molecule has 3 aliphatic rings. The van der Waals surface area contributed by atoms with Crippen molar-refractivity contribution in [2.24, 2.45) is 5.41 Å². The van der Waals surface area contributed by atoms with Crippen molar-refractivity contribution in [2.75, 3.05) is 30.3 Å². The zero-order valence-electron chi connectivity index (χ0n) is 24.8. The zero-order valence-corrected chi connectivity index (χ0v) is 24.8. The highest BCUT2D eigenvalue weighted by Crippen LogP contribution is 2.48. The summed E-state index contributed by atoms with van der Waals surface area (Å²) in [6.07, 6.45) is 22.6. The quantitative estimate of drug-likeness (QED) is 0.125. The van der Waals surface area contributed by atoms with Crippen LogP contribution in [0.15, 0.2) is 72.7 Å². The highest BCUT2D eigenvalue weighted by molar-refractivity contribution is 6.04. The summed E-state index contributed by atoms with van der Waals surface area (Å²) in [4.78, 5) is 32.2. The zero-order chi connectivity index (χ0) is 29.2. The minimum absolute atomic E-state index is 0.0577. The van der Waals surface area contributed by atoms with E-state index >= 15 is 0 Å². The molecule has 0 radical (unpaired) electrons. The summed E-state index contributed by atoms with van der Waals surface area (Å²) in [5.41, 5.74) is 3.78. The van der Waals surface area contributed by atoms with Gasteiger partial charge in [0.1, 0.15) is 11.9 Å². The number of likely N-dealkylation sites (tertiary alicyclic amines) is 1. The van der Waals surface area contributed by atoms with E-state index < -0.39 is 0 Å². The molecule has 1 saturated carbocycles. The summed E-state index contributed by atoms with van der Waals surface area (Å²) in [5, 5.41) is 5.87. The van der Waals surface area contributed by atoms with Crippen LogP contribution in [0.25, 0.3) is 0 Å². The van der Waals surface area contributed by atoms with Crippen molar-refractivity contribution in [3.8, 4) is 0 Å². The van der Waals surface area contributed by atoms with Crippen LogP contribution in [0.3, 0.4) is 0 Å². The second-order valence-corrected chi connectivity index (χ2v) is 12.0. The molecule has 41 heavy (non-hydrogen) atoms. The minimum atomic E-state index is -0.257. The Labute approximate surface area is 245 Å². The molecule has 220 valence electrons. The van der Waals surface area contributed by atoms with Gasteiger partial charge in [0.05, 0.1) is 29.8 Å². The van der Waals surface area contributed by atoms with Crippen molar-refractivity contribution < 1.29 is 14.3 Å². The number of hydrogen-bond donors (Lipinski definition) is 2. The van der Waals surface area contributed by atoms with E-state index in [4.69, 9.17) is 4.74 Å². The Hall–Kier alpha value is -3.45. The number of hydrogen-bond acceptors (Lipinski definition) is 5. The second kappa shape index (κ2) is 14.4. The molecule has 7 heteroatoms. The normalized spacial score (nSPS) is 20.4. The number of piperidine rings is 1. The summed E-state index contributed by atoms with van der Waals surface area (Å²) in [6.45, 7) is 14.1. The first-order chi connectivity index (χ1) is 19.7. The Kier molecular flexibility index (Phi) is 10.7. The van der Waals surface area contributed by atoms with Crippen LogP contribution in [0, 0.1) is 12.3 Å². The number of rotatable bonds is 12. The first kappa shape index (κ1) is 30.5. The molecule has 0 aromatic carbocycles. The van der Waals surface area contributed by atoms with Gasteiger partial charge in [-0.1, -0.05) is 43.4 Å². The lowest BCUT2D eigenvalue weighted by atomic mass is 9.63. The molecule has 1 saturated heterocycles. The van der Waals surface area contributed by atoms with Gasteiger partial charge >= 0.3 is 0 Å². The highest BCUT2D eigenvalue weighted by atomic mass is 16.5. The van der Waals surface area contributed by atoms with Crippen LogP contribution in [0.2, 0.25) is 0 Å². The van der Waals surface area contributed by atoms with Crippen LogP contribution in [-0.2, 0) is 14.3 Å². The van der Waals surface area contributed by atoms with Gasteiger partial charge in [0.25, 0.3) is 5.91 Å². The van der Waals surface area contributed by atoms with E-state index in [1.165, 1.54) is 32.1 Å². The number of anilines is 2. The molecule has 2 aliphatic carbocycles. The first-order valence-corrected chi connectivity index (χ1v) is 15.0. The van der Waals surface area contributed by atoms with Crippen LogP contribution in [0.5, 0.6) is 0 Å². The van der Waals surface area contributed by atoms with E-state index in [0.717, 1.165) is 43.7 Å². The van der Waals surface area contributed by atoms with E-state index in [2.05, 4.69) is 45.8 Å². The van der Waals surface area contributed by atoms with Crippen molar-refractivity contribution >= 4 is 23.2 Å². The Morgan fingerprint density at radius 2 is 1.95 bits per heavy atom. The average molecular weight is 559 g/mol. The van der Waals surface area contributed by atoms with Crippen molar-refractivity contribution in [1.29, 1.82) is 0 Å². The fourth-order valence-electron chi connectivity index (χ4n) is 5.70. The predicted octanol–water partition coefficient (Wildman–Crippen LogP) is 7.01. The summed E-state index contributed by atoms with van der Waals surface area (Å²) < 4.78 is 6.17. The molecule has 0 bridgehead atoms. The lowest BCUT2D eigenvalue weighted by molar-refractivity contribution is -0.118. The van der Waals surface area contributed by atoms with Gasteiger partial charge in [-0.15, -0.1) is 0 Å². The summed E-state index contributed by atoms with van der Waals surface area (Å²) >= 11 is 0. The van der Waals surface area contributed by atoms with Gasteiger partial charge in [-0.3, -0.25) is 19.5 Å². The van der Waals surface area contributed by atoms with Crippen molar-refractivity contribution in [1.82, 2.24) is 9.88 Å². The van der Waals surface area contributed by atoms with Gasteiger partial charge in [-0.25, -0.2) is 0 Å². The van der Waals surface area contributed by atoms with Crippen molar-refractivity contribution in [3.63, 3.8) is 0 Å². The molecule has 2 heterocycles. The third-order valence-corrected chi connectivity index (χ3v) is 8.45. The first-order valence-electron chi connectivity index (χ1n) is 15.0. The second-order valence-electron chi connectivity index (χ2n) is 12.0. The Morgan fingerprint density at radius 1 is 1.17 bits per heavy atom. The third-order valence-electron chi connectivity index (χ3n) is 8.45. The molecule has 1 aliphatic heterocycles. The molecule has 1 aromatic rings. The number of aryl methyl sites for hydroxylation is 1. The van der Waals surface area contributed by atoms with Crippen LogP contribution in [0.1, 0.15) is 76.8 Å². The van der Waals surface area contributed by atoms with Crippen molar-refractivity contribution in [2.45, 2.75) is 84.2 Å². The molecule has 1 aromatic heterocycles. The number of carbonyl (C=O) groups excluding carboxylic acids is 2. The van der Waals surface area contributed by atoms with Gasteiger partial charge in [0.15, 0.2) is 0 Å². The summed E-state index contributed by atoms with van der Waals surface area (Å²) in [7, 11) is 0. The van der Waals surface area contributed by atoms with E-state index in [1.807, 2.05) is 32.1 Å². The van der Waals surface area contributed by atoms with E-state index in [9.17, 15) is 9.59 Å². The van der Waals surface area contributed by atoms with Crippen molar-refractivity contribution in [3.05, 3.63) is 78.4 Å². The fraction of sp³-hybridized carbons (Fsp3) is 0.500. The molecule has 1 unspecified atom stereocenters. The SMILES string of the molecule is C=C(C)/C=C(\C=C/CCC(=C)C(=O)Nc1cc(NC(=O)CN2CCC3(CCC3)CC2)cnc1C)OC1CC=CCC1. The summed E-state index contributed by atoms with van der Waals surface area (Å²) in [5.74, 6) is 0.474. The maximum atomic E-state index is 12.9. The lowest BCUT2D eigenvalue weighted by Gasteiger charge is -2.47.